The molecular formula is C21H11ClFN5O2S2. The van der Waals surface area contributed by atoms with Crippen LogP contribution in [-0.4, -0.2) is 24.8 Å². The van der Waals surface area contributed by atoms with Crippen LogP contribution in [0.3, 0.4) is 0 Å². The van der Waals surface area contributed by atoms with Gasteiger partial charge in [0.15, 0.2) is 10.7 Å². The summed E-state index contributed by atoms with van der Waals surface area (Å²) in [5.41, 5.74) is 3.94. The predicted molar refractivity (Wildman–Crippen MR) is 126 cm³/mol. The first-order valence-electron chi connectivity index (χ1n) is 9.17. The molecule has 2 aromatic heterocycles. The van der Waals surface area contributed by atoms with Gasteiger partial charge in [0.25, 0.3) is 5.91 Å². The summed E-state index contributed by atoms with van der Waals surface area (Å²) in [7, 11) is 0. The Morgan fingerprint density at radius 3 is 2.72 bits per heavy atom. The van der Waals surface area contributed by atoms with E-state index >= 15 is 0 Å². The minimum absolute atomic E-state index is 0.121. The molecule has 7 nitrogen and oxygen atoms in total. The Morgan fingerprint density at radius 1 is 1.03 bits per heavy atom. The molecule has 0 unspecified atom stereocenters. The summed E-state index contributed by atoms with van der Waals surface area (Å²) in [6, 6.07) is 14.2. The van der Waals surface area contributed by atoms with Crippen LogP contribution >= 0.6 is 35.5 Å². The molecule has 0 aliphatic rings. The molecule has 0 fully saturated rings. The minimum Gasteiger partial charge on any atom is -0.436 e. The van der Waals surface area contributed by atoms with Crippen LogP contribution in [0.1, 0.15) is 10.4 Å². The minimum atomic E-state index is -0.444. The summed E-state index contributed by atoms with van der Waals surface area (Å²) >= 11 is 12.4. The Kier molecular flexibility index (Phi) is 5.25. The molecule has 5 aromatic rings. The smallest absolute Gasteiger partial charge is 0.257 e. The quantitative estimate of drug-likeness (QED) is 0.331. The molecule has 2 heterocycles. The molecule has 0 bridgehead atoms. The van der Waals surface area contributed by atoms with Gasteiger partial charge in [0.1, 0.15) is 22.4 Å². The lowest BCUT2D eigenvalue weighted by atomic mass is 10.2. The zero-order valence-electron chi connectivity index (χ0n) is 15.9. The molecule has 0 radical (unpaired) electrons. The average Bonchev–Trinajstić information content (AvgIpc) is 3.39. The summed E-state index contributed by atoms with van der Waals surface area (Å²) < 4.78 is 27.3. The fraction of sp³-hybridized carbons (Fsp3) is 0. The number of benzene rings is 3. The first kappa shape index (κ1) is 20.4. The Hall–Kier alpha value is -3.47. The standard InChI is InChI=1S/C21H11ClFN5O2S2/c22-14-8-11(23)2-4-13(14)20-25-17-9-12(3-6-18(17)30-20)24-21(31)26-19(29)10-1-5-15-16(7-10)28-32-27-15/h1-9H,(H2,24,26,29,31). The van der Waals surface area contributed by atoms with E-state index in [9.17, 15) is 9.18 Å². The number of amides is 1. The van der Waals surface area contributed by atoms with Crippen molar-refractivity contribution in [3.8, 4) is 11.5 Å². The molecule has 5 rings (SSSR count). The third kappa shape index (κ3) is 4.03. The molecule has 11 heteroatoms. The van der Waals surface area contributed by atoms with Gasteiger partial charge in [-0.3, -0.25) is 10.1 Å². The van der Waals surface area contributed by atoms with Crippen LogP contribution in [0, 0.1) is 5.82 Å². The number of nitrogens with one attached hydrogen (secondary N) is 2. The number of fused-ring (bicyclic) bond motifs is 2. The molecule has 0 saturated carbocycles. The molecule has 0 aliphatic carbocycles. The van der Waals surface area contributed by atoms with Crippen LogP contribution in [0.15, 0.2) is 59.0 Å². The second kappa shape index (κ2) is 8.23. The molecule has 32 heavy (non-hydrogen) atoms. The van der Waals surface area contributed by atoms with Crippen LogP contribution < -0.4 is 10.6 Å². The highest BCUT2D eigenvalue weighted by Gasteiger charge is 2.14. The maximum absolute atomic E-state index is 13.3. The largest absolute Gasteiger partial charge is 0.436 e. The number of oxazole rings is 1. The van der Waals surface area contributed by atoms with E-state index in [2.05, 4.69) is 24.4 Å². The number of carbonyl (C=O) groups excluding carboxylic acids is 1. The molecule has 1 amide bonds. The normalized spacial score (nSPS) is 11.1. The van der Waals surface area contributed by atoms with Gasteiger partial charge < -0.3 is 9.73 Å². The van der Waals surface area contributed by atoms with Crippen molar-refractivity contribution in [2.45, 2.75) is 0 Å². The average molecular weight is 484 g/mol. The third-order valence-electron chi connectivity index (χ3n) is 4.55. The van der Waals surface area contributed by atoms with Gasteiger partial charge in [0, 0.05) is 11.3 Å². The maximum atomic E-state index is 13.3. The van der Waals surface area contributed by atoms with Crippen LogP contribution in [0.2, 0.25) is 5.02 Å². The zero-order chi connectivity index (χ0) is 22.2. The second-order valence-electron chi connectivity index (χ2n) is 6.70. The molecule has 2 N–H and O–H groups in total. The van der Waals surface area contributed by atoms with Crippen LogP contribution in [0.25, 0.3) is 33.6 Å². The number of rotatable bonds is 3. The van der Waals surface area contributed by atoms with E-state index < -0.39 is 5.82 Å². The highest BCUT2D eigenvalue weighted by Crippen LogP contribution is 2.31. The molecule has 0 aliphatic heterocycles. The first-order chi connectivity index (χ1) is 15.5. The Morgan fingerprint density at radius 2 is 1.88 bits per heavy atom. The lowest BCUT2D eigenvalue weighted by Crippen LogP contribution is -2.34. The molecular weight excluding hydrogens is 473 g/mol. The molecule has 3 aromatic carbocycles. The van der Waals surface area contributed by atoms with E-state index in [4.69, 9.17) is 28.2 Å². The van der Waals surface area contributed by atoms with Gasteiger partial charge in [-0.1, -0.05) is 11.6 Å². The second-order valence-corrected chi connectivity index (χ2v) is 8.05. The fourth-order valence-electron chi connectivity index (χ4n) is 3.04. The van der Waals surface area contributed by atoms with Crippen molar-refractivity contribution >= 4 is 74.4 Å². The Bertz CT molecular complexity index is 1520. The summed E-state index contributed by atoms with van der Waals surface area (Å²) in [4.78, 5) is 16.9. The Labute approximate surface area is 194 Å². The van der Waals surface area contributed by atoms with Gasteiger partial charge in [0.2, 0.25) is 5.89 Å². The van der Waals surface area contributed by atoms with Gasteiger partial charge in [-0.15, -0.1) is 0 Å². The van der Waals surface area contributed by atoms with Gasteiger partial charge in [0.05, 0.1) is 22.3 Å². The highest BCUT2D eigenvalue weighted by molar-refractivity contribution is 7.80. The third-order valence-corrected chi connectivity index (χ3v) is 5.62. The van der Waals surface area contributed by atoms with E-state index in [1.54, 1.807) is 36.4 Å². The first-order valence-corrected chi connectivity index (χ1v) is 10.7. The zero-order valence-corrected chi connectivity index (χ0v) is 18.3. The lowest BCUT2D eigenvalue weighted by molar-refractivity contribution is 0.0978. The summed E-state index contributed by atoms with van der Waals surface area (Å²) in [5.74, 6) is -0.543. The SMILES string of the molecule is O=C(NC(=S)Nc1ccc2oc(-c3ccc(F)cc3Cl)nc2c1)c1ccc2nsnc2c1. The fourth-order valence-corrected chi connectivity index (χ4v) is 4.02. The summed E-state index contributed by atoms with van der Waals surface area (Å²) in [6.07, 6.45) is 0. The van der Waals surface area contributed by atoms with Gasteiger partial charge in [-0.2, -0.15) is 8.75 Å². The van der Waals surface area contributed by atoms with Crippen LogP contribution in [0.5, 0.6) is 0 Å². The number of anilines is 1. The number of hydrogen-bond donors (Lipinski definition) is 2. The number of aromatic nitrogens is 3. The Balaban J connectivity index is 1.32. The number of halogens is 2. The van der Waals surface area contributed by atoms with Crippen molar-refractivity contribution in [2.24, 2.45) is 0 Å². The van der Waals surface area contributed by atoms with Crippen molar-refractivity contribution in [3.05, 3.63) is 71.0 Å². The van der Waals surface area contributed by atoms with E-state index in [-0.39, 0.29) is 21.9 Å². The molecule has 0 saturated heterocycles. The van der Waals surface area contributed by atoms with E-state index in [0.717, 1.165) is 17.2 Å². The van der Waals surface area contributed by atoms with Gasteiger partial charge in [-0.25, -0.2) is 9.37 Å². The van der Waals surface area contributed by atoms with Crippen molar-refractivity contribution in [2.75, 3.05) is 5.32 Å². The lowest BCUT2D eigenvalue weighted by Gasteiger charge is -2.09. The van der Waals surface area contributed by atoms with Gasteiger partial charge >= 0.3 is 0 Å². The molecule has 0 atom stereocenters. The molecule has 158 valence electrons. The van der Waals surface area contributed by atoms with Crippen molar-refractivity contribution in [1.29, 1.82) is 0 Å². The maximum Gasteiger partial charge on any atom is 0.257 e. The molecule has 0 spiro atoms. The van der Waals surface area contributed by atoms with E-state index in [1.807, 2.05) is 0 Å². The van der Waals surface area contributed by atoms with E-state index in [0.29, 0.717) is 33.4 Å². The van der Waals surface area contributed by atoms with Crippen molar-refractivity contribution < 1.29 is 13.6 Å². The number of nitrogens with zero attached hydrogens (tertiary/aromatic N) is 3. The predicted octanol–water partition coefficient (Wildman–Crippen LogP) is 5.42. The van der Waals surface area contributed by atoms with Crippen molar-refractivity contribution in [1.82, 2.24) is 19.0 Å². The summed E-state index contributed by atoms with van der Waals surface area (Å²) in [6.45, 7) is 0. The number of thiocarbonyl (C=S) groups is 1. The van der Waals surface area contributed by atoms with Crippen LogP contribution in [-0.2, 0) is 0 Å². The van der Waals surface area contributed by atoms with Gasteiger partial charge in [-0.05, 0) is 66.8 Å². The van der Waals surface area contributed by atoms with Crippen molar-refractivity contribution in [3.63, 3.8) is 0 Å². The van der Waals surface area contributed by atoms with Crippen LogP contribution in [0.4, 0.5) is 10.1 Å². The van der Waals surface area contributed by atoms with E-state index in [1.165, 1.54) is 18.2 Å². The monoisotopic (exact) mass is 483 g/mol. The number of hydrogen-bond acceptors (Lipinski definition) is 7. The highest BCUT2D eigenvalue weighted by atomic mass is 35.5. The topological polar surface area (TPSA) is 92.9 Å². The number of carbonyl (C=O) groups is 1. The summed E-state index contributed by atoms with van der Waals surface area (Å²) in [5, 5.41) is 5.91.